The zero-order valence-corrected chi connectivity index (χ0v) is 9.26. The maximum atomic E-state index is 12.1. The second-order valence-corrected chi connectivity index (χ2v) is 5.82. The minimum atomic E-state index is -4.12. The van der Waals surface area contributed by atoms with Crippen LogP contribution in [-0.2, 0) is 10.0 Å². The highest BCUT2D eigenvalue weighted by Gasteiger charge is 2.43. The van der Waals surface area contributed by atoms with Crippen LogP contribution in [0.25, 0.3) is 0 Å². The van der Waals surface area contributed by atoms with Crippen LogP contribution in [0.15, 0.2) is 29.2 Å². The minimum Gasteiger partial charge on any atom is -0.267 e. The van der Waals surface area contributed by atoms with E-state index in [0.29, 0.717) is 0 Å². The molecule has 0 N–H and O–H groups in total. The van der Waals surface area contributed by atoms with Crippen LogP contribution in [0.1, 0.15) is 10.4 Å². The van der Waals surface area contributed by atoms with Gasteiger partial charge in [0.25, 0.3) is 15.9 Å². The molecule has 0 unspecified atom stereocenters. The van der Waals surface area contributed by atoms with E-state index in [1.165, 1.54) is 24.3 Å². The lowest BCUT2D eigenvalue weighted by atomic mass is 10.2. The molecule has 1 aliphatic heterocycles. The van der Waals surface area contributed by atoms with Crippen LogP contribution in [0.5, 0.6) is 0 Å². The number of amides is 1. The third-order valence-corrected chi connectivity index (χ3v) is 4.83. The second kappa shape index (κ2) is 3.70. The molecule has 0 bridgehead atoms. The number of carbonyl (C=O) groups is 1. The van der Waals surface area contributed by atoms with Gasteiger partial charge in [0.2, 0.25) is 0 Å². The molecule has 16 heavy (non-hydrogen) atoms. The van der Waals surface area contributed by atoms with Gasteiger partial charge in [-0.2, -0.15) is 12.5 Å². The van der Waals surface area contributed by atoms with Gasteiger partial charge in [0.1, 0.15) is 4.90 Å². The molecular formula is C8H5F2NO3S2. The van der Waals surface area contributed by atoms with Crippen LogP contribution in [0.4, 0.5) is 8.78 Å². The maximum Gasteiger partial charge on any atom is 0.303 e. The molecule has 0 fully saturated rings. The molecule has 0 aliphatic carbocycles. The van der Waals surface area contributed by atoms with Gasteiger partial charge < -0.3 is 0 Å². The summed E-state index contributed by atoms with van der Waals surface area (Å²) in [6.45, 7) is 0. The summed E-state index contributed by atoms with van der Waals surface area (Å²) in [5.74, 6) is -3.89. The predicted molar refractivity (Wildman–Crippen MR) is 53.4 cm³/mol. The minimum absolute atomic E-state index is 0.0735. The van der Waals surface area contributed by atoms with E-state index in [9.17, 15) is 22.0 Å². The topological polar surface area (TPSA) is 54.5 Å². The molecule has 0 saturated heterocycles. The van der Waals surface area contributed by atoms with Gasteiger partial charge in [-0.1, -0.05) is 12.1 Å². The van der Waals surface area contributed by atoms with Gasteiger partial charge in [-0.05, 0) is 12.1 Å². The summed E-state index contributed by atoms with van der Waals surface area (Å²) >= 11 is -0.304. The Morgan fingerprint density at radius 1 is 1.25 bits per heavy atom. The highest BCUT2D eigenvalue weighted by molar-refractivity contribution is 8.09. The smallest absolute Gasteiger partial charge is 0.267 e. The number of halogens is 2. The van der Waals surface area contributed by atoms with E-state index in [-0.39, 0.29) is 26.1 Å². The lowest BCUT2D eigenvalue weighted by molar-refractivity contribution is 0.0930. The molecule has 1 aliphatic rings. The fourth-order valence-corrected chi connectivity index (χ4v) is 3.75. The molecule has 8 heteroatoms. The lowest BCUT2D eigenvalue weighted by Crippen LogP contribution is -2.24. The third-order valence-electron chi connectivity index (χ3n) is 1.95. The molecule has 0 radical (unpaired) electrons. The number of nitrogens with zero attached hydrogens (tertiary/aromatic N) is 1. The first kappa shape index (κ1) is 11.3. The van der Waals surface area contributed by atoms with Gasteiger partial charge in [-0.15, -0.1) is 0 Å². The van der Waals surface area contributed by atoms with Crippen LogP contribution >= 0.6 is 11.9 Å². The molecule has 4 nitrogen and oxygen atoms in total. The number of benzene rings is 1. The Balaban J connectivity index is 2.54. The molecule has 1 aromatic rings. The first-order chi connectivity index (χ1) is 7.44. The number of carbonyl (C=O) groups excluding carboxylic acids is 1. The van der Waals surface area contributed by atoms with Crippen molar-refractivity contribution in [1.82, 2.24) is 3.71 Å². The summed E-state index contributed by atoms with van der Waals surface area (Å²) in [5.41, 5.74) is -0.0735. The van der Waals surface area contributed by atoms with E-state index >= 15 is 0 Å². The van der Waals surface area contributed by atoms with Gasteiger partial charge >= 0.3 is 5.76 Å². The Morgan fingerprint density at radius 3 is 2.44 bits per heavy atom. The van der Waals surface area contributed by atoms with E-state index in [4.69, 9.17) is 0 Å². The summed E-state index contributed by atoms with van der Waals surface area (Å²) in [6, 6.07) is 5.42. The van der Waals surface area contributed by atoms with Crippen molar-refractivity contribution in [2.75, 3.05) is 0 Å². The fraction of sp³-hybridized carbons (Fsp3) is 0.125. The fourth-order valence-electron chi connectivity index (χ4n) is 1.34. The van der Waals surface area contributed by atoms with Crippen molar-refractivity contribution in [3.8, 4) is 0 Å². The zero-order valence-electron chi connectivity index (χ0n) is 7.63. The van der Waals surface area contributed by atoms with Gasteiger partial charge in [0.15, 0.2) is 0 Å². The summed E-state index contributed by atoms with van der Waals surface area (Å²) < 4.78 is 47.8. The predicted octanol–water partition coefficient (Wildman–Crippen LogP) is 1.70. The number of hydrogen-bond donors (Lipinski definition) is 0. The van der Waals surface area contributed by atoms with Crippen LogP contribution in [0.2, 0.25) is 0 Å². The van der Waals surface area contributed by atoms with Crippen LogP contribution in [0, 0.1) is 0 Å². The van der Waals surface area contributed by atoms with E-state index in [1.807, 2.05) is 0 Å². The number of hydrogen-bond acceptors (Lipinski definition) is 4. The van der Waals surface area contributed by atoms with Gasteiger partial charge in [-0.25, -0.2) is 8.42 Å². The van der Waals surface area contributed by atoms with E-state index < -0.39 is 21.7 Å². The normalized spacial score (nSPS) is 17.9. The Labute approximate surface area is 94.4 Å². The number of sulfonamides is 1. The molecule has 86 valence electrons. The molecule has 1 aromatic carbocycles. The van der Waals surface area contributed by atoms with Crippen molar-refractivity contribution >= 4 is 27.9 Å². The SMILES string of the molecule is O=C1c2ccccc2S(=O)(=O)N1SC(F)F. The van der Waals surface area contributed by atoms with E-state index in [0.717, 1.165) is 0 Å². The molecule has 0 spiro atoms. The Kier molecular flexibility index (Phi) is 2.62. The first-order valence-corrected chi connectivity index (χ1v) is 6.36. The number of fused-ring (bicyclic) bond motifs is 1. The molecule has 1 heterocycles. The van der Waals surface area contributed by atoms with Crippen LogP contribution in [-0.4, -0.2) is 23.8 Å². The standard InChI is InChI=1S/C8H5F2NO3S2/c9-8(10)15-11-7(12)5-3-1-2-4-6(5)16(11,13)14/h1-4,8H. The quantitative estimate of drug-likeness (QED) is 0.764. The van der Waals surface area contributed by atoms with Crippen LogP contribution < -0.4 is 0 Å². The Hall–Kier alpha value is -1.15. The summed E-state index contributed by atoms with van der Waals surface area (Å²) in [5, 5.41) is 0. The van der Waals surface area contributed by atoms with Crippen molar-refractivity contribution in [3.63, 3.8) is 0 Å². The summed E-state index contributed by atoms with van der Waals surface area (Å²) in [6.07, 6.45) is 0. The maximum absolute atomic E-state index is 12.1. The van der Waals surface area contributed by atoms with Crippen LogP contribution in [0.3, 0.4) is 0 Å². The average Bonchev–Trinajstić information content (AvgIpc) is 2.41. The molecule has 1 amide bonds. The Morgan fingerprint density at radius 2 is 1.88 bits per heavy atom. The van der Waals surface area contributed by atoms with Crippen molar-refractivity contribution in [2.45, 2.75) is 10.7 Å². The van der Waals surface area contributed by atoms with Crippen molar-refractivity contribution in [2.24, 2.45) is 0 Å². The first-order valence-electron chi connectivity index (χ1n) is 4.08. The molecular weight excluding hydrogens is 260 g/mol. The Bertz CT molecular complexity index is 544. The molecule has 0 aromatic heterocycles. The third kappa shape index (κ3) is 1.57. The largest absolute Gasteiger partial charge is 0.303 e. The van der Waals surface area contributed by atoms with E-state index in [1.54, 1.807) is 0 Å². The molecule has 2 rings (SSSR count). The number of alkyl halides is 2. The van der Waals surface area contributed by atoms with Crippen molar-refractivity contribution < 1.29 is 22.0 Å². The van der Waals surface area contributed by atoms with Gasteiger partial charge in [0.05, 0.1) is 5.56 Å². The highest BCUT2D eigenvalue weighted by Crippen LogP contribution is 2.36. The second-order valence-electron chi connectivity index (χ2n) is 2.90. The monoisotopic (exact) mass is 265 g/mol. The summed E-state index contributed by atoms with van der Waals surface area (Å²) in [7, 11) is -4.12. The molecule has 0 saturated carbocycles. The van der Waals surface area contributed by atoms with Crippen molar-refractivity contribution in [3.05, 3.63) is 29.8 Å². The average molecular weight is 265 g/mol. The number of rotatable bonds is 2. The van der Waals surface area contributed by atoms with Gasteiger partial charge in [0, 0.05) is 11.9 Å². The zero-order chi connectivity index (χ0) is 11.9. The lowest BCUT2D eigenvalue weighted by Gasteiger charge is -2.11. The summed E-state index contributed by atoms with van der Waals surface area (Å²) in [4.78, 5) is 11.3. The molecule has 0 atom stereocenters. The van der Waals surface area contributed by atoms with Crippen molar-refractivity contribution in [1.29, 1.82) is 0 Å². The van der Waals surface area contributed by atoms with Gasteiger partial charge in [-0.3, -0.25) is 4.79 Å². The highest BCUT2D eigenvalue weighted by atomic mass is 32.3. The van der Waals surface area contributed by atoms with E-state index in [2.05, 4.69) is 0 Å².